The van der Waals surface area contributed by atoms with Crippen LogP contribution in [0.4, 0.5) is 0 Å². The minimum Gasteiger partial charge on any atom is -0.378 e. The van der Waals surface area contributed by atoms with Crippen LogP contribution in [0.2, 0.25) is 0 Å². The molecule has 3 unspecified atom stereocenters. The van der Waals surface area contributed by atoms with Crippen LogP contribution in [-0.2, 0) is 9.53 Å². The van der Waals surface area contributed by atoms with E-state index in [4.69, 9.17) is 16.3 Å². The van der Waals surface area contributed by atoms with Gasteiger partial charge in [0.25, 0.3) is 0 Å². The number of ether oxygens (including phenoxy) is 1. The molecule has 1 amide bonds. The van der Waals surface area contributed by atoms with Crippen molar-refractivity contribution >= 4 is 17.5 Å². The highest BCUT2D eigenvalue weighted by Crippen LogP contribution is 2.46. The van der Waals surface area contributed by atoms with E-state index in [1.54, 1.807) is 5.57 Å². The Kier molecular flexibility index (Phi) is 5.25. The molecule has 0 aromatic carbocycles. The predicted octanol–water partition coefficient (Wildman–Crippen LogP) is 1.92. The maximum Gasteiger partial charge on any atom is 0.224 e. The SMILES string of the molecule is CN1CCC2=C(C1)C1CC(Cl)CCC1N2CCC(=O)N1CCOCC1. The summed E-state index contributed by atoms with van der Waals surface area (Å²) < 4.78 is 5.36. The second kappa shape index (κ2) is 7.45. The first-order chi connectivity index (χ1) is 12.1. The Morgan fingerprint density at radius 2 is 2.04 bits per heavy atom. The molecule has 25 heavy (non-hydrogen) atoms. The summed E-state index contributed by atoms with van der Waals surface area (Å²) in [5, 5.41) is 0.317. The van der Waals surface area contributed by atoms with Crippen LogP contribution in [0.5, 0.6) is 0 Å². The van der Waals surface area contributed by atoms with Crippen molar-refractivity contribution in [1.29, 1.82) is 0 Å². The van der Waals surface area contributed by atoms with E-state index in [1.165, 1.54) is 12.1 Å². The van der Waals surface area contributed by atoms with Gasteiger partial charge in [0.2, 0.25) is 5.91 Å². The van der Waals surface area contributed by atoms with Gasteiger partial charge in [0.1, 0.15) is 0 Å². The van der Waals surface area contributed by atoms with Gasteiger partial charge in [-0.05, 0) is 31.9 Å². The first kappa shape index (κ1) is 17.6. The highest BCUT2D eigenvalue weighted by atomic mass is 35.5. The Labute approximate surface area is 155 Å². The second-order valence-electron chi connectivity index (χ2n) is 7.98. The molecule has 140 valence electrons. The largest absolute Gasteiger partial charge is 0.378 e. The molecule has 1 saturated heterocycles. The van der Waals surface area contributed by atoms with Gasteiger partial charge in [0.15, 0.2) is 0 Å². The lowest BCUT2D eigenvalue weighted by Crippen LogP contribution is -2.43. The van der Waals surface area contributed by atoms with E-state index in [1.807, 2.05) is 4.90 Å². The molecule has 0 aromatic rings. The first-order valence-corrected chi connectivity index (χ1v) is 10.2. The monoisotopic (exact) mass is 367 g/mol. The zero-order chi connectivity index (χ0) is 17.4. The Morgan fingerprint density at radius 3 is 2.84 bits per heavy atom. The molecule has 4 rings (SSSR count). The topological polar surface area (TPSA) is 36.0 Å². The van der Waals surface area contributed by atoms with Crippen molar-refractivity contribution in [1.82, 2.24) is 14.7 Å². The number of carbonyl (C=O) groups is 1. The number of likely N-dealkylation sites (N-methyl/N-ethyl adjacent to an activating group) is 1. The molecule has 0 spiro atoms. The van der Waals surface area contributed by atoms with Crippen LogP contribution in [-0.4, -0.2) is 85.0 Å². The molecular formula is C19H30ClN3O2. The number of hydrogen-bond donors (Lipinski definition) is 0. The highest BCUT2D eigenvalue weighted by Gasteiger charge is 2.44. The lowest BCUT2D eigenvalue weighted by molar-refractivity contribution is -0.135. The van der Waals surface area contributed by atoms with Crippen LogP contribution in [0.15, 0.2) is 11.3 Å². The Balaban J connectivity index is 1.45. The minimum atomic E-state index is 0.285. The molecular weight excluding hydrogens is 338 g/mol. The third-order valence-electron chi connectivity index (χ3n) is 6.42. The van der Waals surface area contributed by atoms with Crippen molar-refractivity contribution in [2.75, 3.05) is 53.0 Å². The fourth-order valence-electron chi connectivity index (χ4n) is 5.12. The van der Waals surface area contributed by atoms with Crippen molar-refractivity contribution in [2.45, 2.75) is 43.5 Å². The number of rotatable bonds is 3. The lowest BCUT2D eigenvalue weighted by Gasteiger charge is -2.37. The van der Waals surface area contributed by atoms with Gasteiger partial charge in [-0.1, -0.05) is 0 Å². The lowest BCUT2D eigenvalue weighted by atomic mass is 9.80. The number of halogens is 1. The molecule has 0 radical (unpaired) electrons. The summed E-state index contributed by atoms with van der Waals surface area (Å²) in [6.07, 6.45) is 5.12. The Bertz CT molecular complexity index is 547. The molecule has 2 fully saturated rings. The van der Waals surface area contributed by atoms with Gasteiger partial charge in [-0.25, -0.2) is 0 Å². The van der Waals surface area contributed by atoms with Crippen molar-refractivity contribution < 1.29 is 9.53 Å². The van der Waals surface area contributed by atoms with Crippen molar-refractivity contribution in [2.24, 2.45) is 5.92 Å². The van der Waals surface area contributed by atoms with Crippen LogP contribution in [0.3, 0.4) is 0 Å². The molecule has 5 nitrogen and oxygen atoms in total. The number of alkyl halides is 1. The molecule has 1 saturated carbocycles. The van der Waals surface area contributed by atoms with Crippen molar-refractivity contribution in [3.05, 3.63) is 11.3 Å². The summed E-state index contributed by atoms with van der Waals surface area (Å²) in [6.45, 7) is 5.92. The van der Waals surface area contributed by atoms with Gasteiger partial charge in [-0.2, -0.15) is 0 Å². The van der Waals surface area contributed by atoms with Crippen LogP contribution in [0.1, 0.15) is 32.1 Å². The Hall–Kier alpha value is -0.780. The standard InChI is InChI=1S/C19H30ClN3O2/c1-21-6-4-18-16(13-21)15-12-14(20)2-3-17(15)23(18)7-5-19(24)22-8-10-25-11-9-22/h14-15,17H,2-13H2,1H3. The summed E-state index contributed by atoms with van der Waals surface area (Å²) in [7, 11) is 2.21. The molecule has 1 aliphatic carbocycles. The van der Waals surface area contributed by atoms with Crippen LogP contribution >= 0.6 is 11.6 Å². The van der Waals surface area contributed by atoms with E-state index in [9.17, 15) is 4.79 Å². The zero-order valence-electron chi connectivity index (χ0n) is 15.3. The second-order valence-corrected chi connectivity index (χ2v) is 8.60. The molecule has 0 aromatic heterocycles. The number of carbonyl (C=O) groups excluding carboxylic acids is 1. The predicted molar refractivity (Wildman–Crippen MR) is 98.6 cm³/mol. The maximum absolute atomic E-state index is 12.6. The summed E-state index contributed by atoms with van der Waals surface area (Å²) in [6, 6.07) is 0.573. The quantitative estimate of drug-likeness (QED) is 0.714. The summed E-state index contributed by atoms with van der Waals surface area (Å²) in [4.78, 5) is 19.6. The van der Waals surface area contributed by atoms with E-state index < -0.39 is 0 Å². The van der Waals surface area contributed by atoms with E-state index in [0.29, 0.717) is 37.0 Å². The summed E-state index contributed by atoms with van der Waals surface area (Å²) in [5.74, 6) is 0.889. The van der Waals surface area contributed by atoms with E-state index in [0.717, 1.165) is 52.0 Å². The maximum atomic E-state index is 12.6. The summed E-state index contributed by atoms with van der Waals surface area (Å²) >= 11 is 6.50. The molecule has 3 aliphatic heterocycles. The van der Waals surface area contributed by atoms with Crippen LogP contribution < -0.4 is 0 Å². The van der Waals surface area contributed by atoms with Crippen molar-refractivity contribution in [3.8, 4) is 0 Å². The third-order valence-corrected chi connectivity index (χ3v) is 6.81. The van der Waals surface area contributed by atoms with Gasteiger partial charge in [-0.3, -0.25) is 4.79 Å². The highest BCUT2D eigenvalue weighted by molar-refractivity contribution is 6.20. The zero-order valence-corrected chi connectivity index (χ0v) is 16.0. The Morgan fingerprint density at radius 1 is 1.24 bits per heavy atom. The average Bonchev–Trinajstić information content (AvgIpc) is 2.92. The van der Waals surface area contributed by atoms with Crippen LogP contribution in [0, 0.1) is 5.92 Å². The fraction of sp³-hybridized carbons (Fsp3) is 0.842. The third kappa shape index (κ3) is 3.56. The number of amides is 1. The number of morpholine rings is 1. The smallest absolute Gasteiger partial charge is 0.224 e. The van der Waals surface area contributed by atoms with Gasteiger partial charge in [-0.15, -0.1) is 11.6 Å². The molecule has 3 atom stereocenters. The van der Waals surface area contributed by atoms with E-state index in [-0.39, 0.29) is 5.91 Å². The van der Waals surface area contributed by atoms with E-state index in [2.05, 4.69) is 16.8 Å². The molecule has 6 heteroatoms. The molecule has 3 heterocycles. The van der Waals surface area contributed by atoms with Crippen LogP contribution in [0.25, 0.3) is 0 Å². The molecule has 0 bridgehead atoms. The fourth-order valence-corrected chi connectivity index (χ4v) is 5.43. The normalized spacial score (nSPS) is 33.4. The number of nitrogens with zero attached hydrogens (tertiary/aromatic N) is 3. The average molecular weight is 368 g/mol. The van der Waals surface area contributed by atoms with Crippen molar-refractivity contribution in [3.63, 3.8) is 0 Å². The minimum absolute atomic E-state index is 0.285. The first-order valence-electron chi connectivity index (χ1n) is 9.80. The van der Waals surface area contributed by atoms with Gasteiger partial charge in [0, 0.05) is 68.6 Å². The van der Waals surface area contributed by atoms with E-state index >= 15 is 0 Å². The number of hydrogen-bond acceptors (Lipinski definition) is 4. The van der Waals surface area contributed by atoms with Gasteiger partial charge < -0.3 is 19.4 Å². The summed E-state index contributed by atoms with van der Waals surface area (Å²) in [5.41, 5.74) is 3.15. The molecule has 0 N–H and O–H groups in total. The van der Waals surface area contributed by atoms with Gasteiger partial charge in [0.05, 0.1) is 13.2 Å². The number of fused-ring (bicyclic) bond motifs is 2. The van der Waals surface area contributed by atoms with Gasteiger partial charge >= 0.3 is 0 Å². The molecule has 4 aliphatic rings.